The first-order valence-electron chi connectivity index (χ1n) is 7.78. The lowest BCUT2D eigenvalue weighted by Crippen LogP contribution is -2.36. The second kappa shape index (κ2) is 8.11. The van der Waals surface area contributed by atoms with E-state index in [4.69, 9.17) is 16.3 Å². The van der Waals surface area contributed by atoms with Gasteiger partial charge in [-0.1, -0.05) is 0 Å². The first-order chi connectivity index (χ1) is 9.31. The summed E-state index contributed by atoms with van der Waals surface area (Å²) in [6.07, 6.45) is 9.82. The minimum Gasteiger partial charge on any atom is -0.378 e. The molecule has 0 aromatic carbocycles. The number of hydrogen-bond acceptors (Lipinski definition) is 2. The molecule has 2 unspecified atom stereocenters. The molecule has 0 aliphatic carbocycles. The number of amides is 1. The van der Waals surface area contributed by atoms with E-state index in [-0.39, 0.29) is 0 Å². The van der Waals surface area contributed by atoms with Crippen LogP contribution in [-0.4, -0.2) is 42.0 Å². The van der Waals surface area contributed by atoms with E-state index in [1.165, 1.54) is 12.8 Å². The molecule has 2 atom stereocenters. The van der Waals surface area contributed by atoms with Crippen LogP contribution in [0.4, 0.5) is 0 Å². The maximum absolute atomic E-state index is 12.3. The quantitative estimate of drug-likeness (QED) is 0.701. The van der Waals surface area contributed by atoms with Gasteiger partial charge in [0, 0.05) is 31.5 Å². The Kier molecular flexibility index (Phi) is 6.45. The van der Waals surface area contributed by atoms with E-state index in [0.717, 1.165) is 51.7 Å². The summed E-state index contributed by atoms with van der Waals surface area (Å²) in [5, 5.41) is 0. The van der Waals surface area contributed by atoms with Crippen LogP contribution in [0.2, 0.25) is 0 Å². The van der Waals surface area contributed by atoms with E-state index in [1.807, 2.05) is 0 Å². The zero-order valence-electron chi connectivity index (χ0n) is 11.8. The molecule has 0 saturated carbocycles. The van der Waals surface area contributed by atoms with Gasteiger partial charge in [0.05, 0.1) is 6.10 Å². The Morgan fingerprint density at radius 3 is 2.84 bits per heavy atom. The first kappa shape index (κ1) is 15.1. The van der Waals surface area contributed by atoms with Gasteiger partial charge in [-0.2, -0.15) is 0 Å². The van der Waals surface area contributed by atoms with Crippen molar-refractivity contribution >= 4 is 17.5 Å². The minimum atomic E-state index is 0.321. The van der Waals surface area contributed by atoms with Gasteiger partial charge < -0.3 is 9.64 Å². The van der Waals surface area contributed by atoms with Gasteiger partial charge in [0.1, 0.15) is 0 Å². The van der Waals surface area contributed by atoms with Crippen molar-refractivity contribution in [2.45, 2.75) is 69.9 Å². The van der Waals surface area contributed by atoms with Gasteiger partial charge in [0.2, 0.25) is 5.91 Å². The monoisotopic (exact) mass is 287 g/mol. The smallest absolute Gasteiger partial charge is 0.222 e. The molecular formula is C15H26ClNO2. The number of alkyl halides is 1. The van der Waals surface area contributed by atoms with Gasteiger partial charge in [-0.15, -0.1) is 11.6 Å². The molecule has 1 amide bonds. The zero-order valence-corrected chi connectivity index (χ0v) is 12.5. The van der Waals surface area contributed by atoms with Crippen molar-refractivity contribution in [3.63, 3.8) is 0 Å². The van der Waals surface area contributed by atoms with Crippen LogP contribution in [0.15, 0.2) is 0 Å². The van der Waals surface area contributed by atoms with Gasteiger partial charge in [-0.3, -0.25) is 4.79 Å². The average Bonchev–Trinajstić information content (AvgIpc) is 2.92. The van der Waals surface area contributed by atoms with Crippen molar-refractivity contribution < 1.29 is 9.53 Å². The highest BCUT2D eigenvalue weighted by atomic mass is 35.5. The maximum atomic E-state index is 12.3. The number of likely N-dealkylation sites (tertiary alicyclic amines) is 1. The molecule has 0 N–H and O–H groups in total. The van der Waals surface area contributed by atoms with Crippen LogP contribution in [0.25, 0.3) is 0 Å². The van der Waals surface area contributed by atoms with Crippen LogP contribution < -0.4 is 0 Å². The molecule has 110 valence electrons. The Morgan fingerprint density at radius 1 is 1.21 bits per heavy atom. The van der Waals surface area contributed by atoms with Crippen LogP contribution in [-0.2, 0) is 9.53 Å². The molecule has 0 aromatic rings. The van der Waals surface area contributed by atoms with Crippen LogP contribution in [0.3, 0.4) is 0 Å². The minimum absolute atomic E-state index is 0.321. The summed E-state index contributed by atoms with van der Waals surface area (Å²) in [7, 11) is 0. The molecule has 2 heterocycles. The third-order valence-electron chi connectivity index (χ3n) is 4.32. The molecule has 0 aromatic heterocycles. The number of carbonyl (C=O) groups is 1. The summed E-state index contributed by atoms with van der Waals surface area (Å²) in [5.74, 6) is 1.03. The standard InChI is InChI=1S/C15H26ClNO2/c16-10-3-5-13-6-4-11-17(13)15(18)9-8-14-7-1-2-12-19-14/h13-14H,1-12H2. The Morgan fingerprint density at radius 2 is 2.11 bits per heavy atom. The molecule has 4 heteroatoms. The van der Waals surface area contributed by atoms with Crippen molar-refractivity contribution in [1.82, 2.24) is 4.90 Å². The molecule has 2 rings (SSSR count). The Bertz CT molecular complexity index is 279. The lowest BCUT2D eigenvalue weighted by Gasteiger charge is -2.27. The maximum Gasteiger partial charge on any atom is 0.222 e. The Labute approximate surface area is 121 Å². The molecule has 19 heavy (non-hydrogen) atoms. The number of ether oxygens (including phenoxy) is 1. The highest BCUT2D eigenvalue weighted by Gasteiger charge is 2.28. The molecule has 0 bridgehead atoms. The summed E-state index contributed by atoms with van der Waals surface area (Å²) in [6, 6.07) is 0.443. The fourth-order valence-corrected chi connectivity index (χ4v) is 3.39. The summed E-state index contributed by atoms with van der Waals surface area (Å²) in [6.45, 7) is 1.82. The predicted molar refractivity (Wildman–Crippen MR) is 77.5 cm³/mol. The fourth-order valence-electron chi connectivity index (χ4n) is 3.24. The molecule has 0 radical (unpaired) electrons. The fraction of sp³-hybridized carbons (Fsp3) is 0.933. The van der Waals surface area contributed by atoms with Gasteiger partial charge in [-0.05, 0) is 51.4 Å². The van der Waals surface area contributed by atoms with Crippen molar-refractivity contribution in [2.24, 2.45) is 0 Å². The summed E-state index contributed by atoms with van der Waals surface area (Å²) >= 11 is 5.75. The average molecular weight is 288 g/mol. The van der Waals surface area contributed by atoms with Crippen molar-refractivity contribution in [3.05, 3.63) is 0 Å². The Balaban J connectivity index is 1.71. The van der Waals surface area contributed by atoms with Crippen LogP contribution >= 0.6 is 11.6 Å². The third kappa shape index (κ3) is 4.64. The van der Waals surface area contributed by atoms with Crippen LogP contribution in [0, 0.1) is 0 Å². The second-order valence-corrected chi connectivity index (χ2v) is 6.12. The number of carbonyl (C=O) groups excluding carboxylic acids is 1. The lowest BCUT2D eigenvalue weighted by molar-refractivity contribution is -0.133. The van der Waals surface area contributed by atoms with Crippen LogP contribution in [0.1, 0.15) is 57.8 Å². The zero-order chi connectivity index (χ0) is 13.5. The molecule has 2 saturated heterocycles. The van der Waals surface area contributed by atoms with Crippen molar-refractivity contribution in [3.8, 4) is 0 Å². The van der Waals surface area contributed by atoms with Crippen LogP contribution in [0.5, 0.6) is 0 Å². The SMILES string of the molecule is O=C(CCC1CCCCO1)N1CCCC1CCCCl. The van der Waals surface area contributed by atoms with Crippen molar-refractivity contribution in [1.29, 1.82) is 0 Å². The van der Waals surface area contributed by atoms with Gasteiger partial charge in [-0.25, -0.2) is 0 Å². The van der Waals surface area contributed by atoms with E-state index >= 15 is 0 Å². The normalized spacial score (nSPS) is 27.7. The van der Waals surface area contributed by atoms with Gasteiger partial charge in [0.25, 0.3) is 0 Å². The van der Waals surface area contributed by atoms with Gasteiger partial charge in [0.15, 0.2) is 0 Å². The van der Waals surface area contributed by atoms with E-state index in [1.54, 1.807) is 0 Å². The topological polar surface area (TPSA) is 29.5 Å². The highest BCUT2D eigenvalue weighted by Crippen LogP contribution is 2.24. The molecule has 2 fully saturated rings. The van der Waals surface area contributed by atoms with Gasteiger partial charge >= 0.3 is 0 Å². The van der Waals surface area contributed by atoms with Crippen molar-refractivity contribution in [2.75, 3.05) is 19.0 Å². The number of halogens is 1. The molecule has 2 aliphatic heterocycles. The predicted octanol–water partition coefficient (Wildman–Crippen LogP) is 3.35. The summed E-state index contributed by atoms with van der Waals surface area (Å²) in [4.78, 5) is 14.4. The molecular weight excluding hydrogens is 262 g/mol. The summed E-state index contributed by atoms with van der Waals surface area (Å²) in [5.41, 5.74) is 0. The molecule has 3 nitrogen and oxygen atoms in total. The Hall–Kier alpha value is -0.280. The third-order valence-corrected chi connectivity index (χ3v) is 4.59. The van der Waals surface area contributed by atoms with E-state index < -0.39 is 0 Å². The number of hydrogen-bond donors (Lipinski definition) is 0. The number of nitrogens with zero attached hydrogens (tertiary/aromatic N) is 1. The van der Waals surface area contributed by atoms with E-state index in [2.05, 4.69) is 4.90 Å². The van der Waals surface area contributed by atoms with E-state index in [9.17, 15) is 4.79 Å². The second-order valence-electron chi connectivity index (χ2n) is 5.74. The molecule has 2 aliphatic rings. The first-order valence-corrected chi connectivity index (χ1v) is 8.31. The number of rotatable bonds is 6. The summed E-state index contributed by atoms with van der Waals surface area (Å²) < 4.78 is 5.69. The molecule has 0 spiro atoms. The lowest BCUT2D eigenvalue weighted by atomic mass is 10.0. The largest absolute Gasteiger partial charge is 0.378 e. The van der Waals surface area contributed by atoms with E-state index in [0.29, 0.717) is 30.4 Å². The highest BCUT2D eigenvalue weighted by molar-refractivity contribution is 6.17.